The summed E-state index contributed by atoms with van der Waals surface area (Å²) in [6.45, 7) is 2.92. The van der Waals surface area contributed by atoms with Gasteiger partial charge in [0.2, 0.25) is 5.13 Å². The van der Waals surface area contributed by atoms with Gasteiger partial charge in [0.25, 0.3) is 0 Å². The van der Waals surface area contributed by atoms with Crippen LogP contribution in [0.2, 0.25) is 0 Å². The molecule has 0 atom stereocenters. The SMILES string of the molecule is CSCCNc1nnc(C)s1. The minimum Gasteiger partial charge on any atom is -0.359 e. The fourth-order valence-corrected chi connectivity index (χ4v) is 1.55. The molecule has 0 radical (unpaired) electrons. The Labute approximate surface area is 74.6 Å². The van der Waals surface area contributed by atoms with Gasteiger partial charge in [-0.05, 0) is 13.2 Å². The summed E-state index contributed by atoms with van der Waals surface area (Å²) in [5.41, 5.74) is 0. The van der Waals surface area contributed by atoms with Gasteiger partial charge in [0.05, 0.1) is 0 Å². The molecule has 0 aliphatic rings. The first-order valence-electron chi connectivity index (χ1n) is 3.36. The van der Waals surface area contributed by atoms with E-state index < -0.39 is 0 Å². The van der Waals surface area contributed by atoms with E-state index in [2.05, 4.69) is 21.8 Å². The minimum atomic E-state index is 0.927. The zero-order chi connectivity index (χ0) is 8.10. The van der Waals surface area contributed by atoms with Crippen LogP contribution in [0.15, 0.2) is 0 Å². The molecule has 0 amide bonds. The predicted molar refractivity (Wildman–Crippen MR) is 51.5 cm³/mol. The van der Waals surface area contributed by atoms with Crippen LogP contribution in [0.5, 0.6) is 0 Å². The first-order chi connectivity index (χ1) is 5.33. The molecule has 11 heavy (non-hydrogen) atoms. The van der Waals surface area contributed by atoms with Crippen LogP contribution in [0.1, 0.15) is 5.01 Å². The average molecular weight is 189 g/mol. The molecule has 62 valence electrons. The fourth-order valence-electron chi connectivity index (χ4n) is 0.628. The summed E-state index contributed by atoms with van der Waals surface area (Å²) in [5.74, 6) is 1.11. The Balaban J connectivity index is 2.27. The van der Waals surface area contributed by atoms with Crippen LogP contribution in [0.4, 0.5) is 5.13 Å². The third-order valence-corrected chi connectivity index (χ3v) is 2.52. The maximum atomic E-state index is 3.94. The molecule has 1 aromatic heterocycles. The number of thioether (sulfide) groups is 1. The molecule has 0 saturated heterocycles. The molecule has 0 spiro atoms. The molecule has 0 bridgehead atoms. The monoisotopic (exact) mass is 189 g/mol. The molecule has 1 rings (SSSR count). The largest absolute Gasteiger partial charge is 0.359 e. The lowest BCUT2D eigenvalue weighted by molar-refractivity contribution is 1.04. The maximum absolute atomic E-state index is 3.94. The van der Waals surface area contributed by atoms with Crippen LogP contribution in [0, 0.1) is 6.92 Å². The van der Waals surface area contributed by atoms with Crippen molar-refractivity contribution in [2.75, 3.05) is 23.9 Å². The molecular formula is C6H11N3S2. The van der Waals surface area contributed by atoms with Crippen LogP contribution in [0.25, 0.3) is 0 Å². The lowest BCUT2D eigenvalue weighted by Gasteiger charge is -1.97. The van der Waals surface area contributed by atoms with E-state index in [1.165, 1.54) is 0 Å². The summed E-state index contributed by atoms with van der Waals surface area (Å²) in [7, 11) is 0. The highest BCUT2D eigenvalue weighted by Gasteiger charge is 1.96. The molecule has 0 aliphatic heterocycles. The van der Waals surface area contributed by atoms with Gasteiger partial charge in [-0.1, -0.05) is 11.3 Å². The molecule has 1 heterocycles. The zero-order valence-electron chi connectivity index (χ0n) is 6.63. The van der Waals surface area contributed by atoms with Crippen molar-refractivity contribution in [1.82, 2.24) is 10.2 Å². The summed E-state index contributed by atoms with van der Waals surface area (Å²) < 4.78 is 0. The number of aryl methyl sites for hydroxylation is 1. The van der Waals surface area contributed by atoms with E-state index in [0.717, 1.165) is 22.4 Å². The van der Waals surface area contributed by atoms with E-state index in [4.69, 9.17) is 0 Å². The van der Waals surface area contributed by atoms with Crippen molar-refractivity contribution in [2.45, 2.75) is 6.92 Å². The Morgan fingerprint density at radius 1 is 1.55 bits per heavy atom. The molecule has 3 nitrogen and oxygen atoms in total. The first-order valence-corrected chi connectivity index (χ1v) is 5.57. The summed E-state index contributed by atoms with van der Waals surface area (Å²) in [4.78, 5) is 0. The Morgan fingerprint density at radius 3 is 2.91 bits per heavy atom. The van der Waals surface area contributed by atoms with Gasteiger partial charge >= 0.3 is 0 Å². The highest BCUT2D eigenvalue weighted by Crippen LogP contribution is 2.12. The Kier molecular flexibility index (Phi) is 3.65. The third kappa shape index (κ3) is 3.07. The highest BCUT2D eigenvalue weighted by atomic mass is 32.2. The van der Waals surface area contributed by atoms with Crippen molar-refractivity contribution in [3.8, 4) is 0 Å². The number of nitrogens with zero attached hydrogens (tertiary/aromatic N) is 2. The topological polar surface area (TPSA) is 37.8 Å². The van der Waals surface area contributed by atoms with Crippen LogP contribution in [-0.4, -0.2) is 28.8 Å². The molecule has 0 aliphatic carbocycles. The smallest absolute Gasteiger partial charge is 0.205 e. The van der Waals surface area contributed by atoms with Crippen LogP contribution in [-0.2, 0) is 0 Å². The summed E-state index contributed by atoms with van der Waals surface area (Å²) >= 11 is 3.42. The van der Waals surface area contributed by atoms with Gasteiger partial charge in [0, 0.05) is 12.3 Å². The second-order valence-electron chi connectivity index (χ2n) is 2.05. The molecule has 0 unspecified atom stereocenters. The Bertz CT molecular complexity index is 211. The number of nitrogens with one attached hydrogen (secondary N) is 1. The molecule has 1 aromatic rings. The van der Waals surface area contributed by atoms with E-state index in [1.54, 1.807) is 11.3 Å². The maximum Gasteiger partial charge on any atom is 0.205 e. The van der Waals surface area contributed by atoms with Crippen molar-refractivity contribution in [3.63, 3.8) is 0 Å². The summed E-state index contributed by atoms with van der Waals surface area (Å²) in [6.07, 6.45) is 2.09. The van der Waals surface area contributed by atoms with Gasteiger partial charge < -0.3 is 5.32 Å². The van der Waals surface area contributed by atoms with Gasteiger partial charge in [-0.3, -0.25) is 0 Å². The van der Waals surface area contributed by atoms with Crippen LogP contribution < -0.4 is 5.32 Å². The first kappa shape index (κ1) is 8.80. The third-order valence-electron chi connectivity index (χ3n) is 1.11. The molecule has 5 heteroatoms. The minimum absolute atomic E-state index is 0.927. The van der Waals surface area contributed by atoms with Crippen LogP contribution >= 0.6 is 23.1 Å². The van der Waals surface area contributed by atoms with Crippen molar-refractivity contribution >= 4 is 28.2 Å². The van der Waals surface area contributed by atoms with E-state index in [1.807, 2.05) is 18.7 Å². The molecule has 0 saturated carbocycles. The second-order valence-corrected chi connectivity index (χ2v) is 4.21. The van der Waals surface area contributed by atoms with Gasteiger partial charge in [0.1, 0.15) is 5.01 Å². The number of aromatic nitrogens is 2. The van der Waals surface area contributed by atoms with Crippen LogP contribution in [0.3, 0.4) is 0 Å². The lowest BCUT2D eigenvalue weighted by atomic mass is 10.7. The molecule has 0 fully saturated rings. The number of anilines is 1. The van der Waals surface area contributed by atoms with E-state index in [0.29, 0.717) is 0 Å². The number of hydrogen-bond donors (Lipinski definition) is 1. The molecule has 0 aromatic carbocycles. The number of hydrogen-bond acceptors (Lipinski definition) is 5. The van der Waals surface area contributed by atoms with Crippen molar-refractivity contribution < 1.29 is 0 Å². The highest BCUT2D eigenvalue weighted by molar-refractivity contribution is 7.98. The zero-order valence-corrected chi connectivity index (χ0v) is 8.26. The lowest BCUT2D eigenvalue weighted by Crippen LogP contribution is -2.02. The van der Waals surface area contributed by atoms with E-state index in [-0.39, 0.29) is 0 Å². The summed E-state index contributed by atoms with van der Waals surface area (Å²) in [5, 5.41) is 13.0. The van der Waals surface area contributed by atoms with Gasteiger partial charge in [-0.25, -0.2) is 0 Å². The standard InChI is InChI=1S/C6H11N3S2/c1-5-8-9-6(11-5)7-3-4-10-2/h3-4H2,1-2H3,(H,7,9). The second kappa shape index (κ2) is 4.56. The Morgan fingerprint density at radius 2 is 2.36 bits per heavy atom. The summed E-state index contributed by atoms with van der Waals surface area (Å²) in [6, 6.07) is 0. The quantitative estimate of drug-likeness (QED) is 0.730. The van der Waals surface area contributed by atoms with Crippen molar-refractivity contribution in [3.05, 3.63) is 5.01 Å². The predicted octanol–water partition coefficient (Wildman–Crippen LogP) is 1.62. The molecular weight excluding hydrogens is 178 g/mol. The normalized spacial score (nSPS) is 10.0. The number of rotatable bonds is 4. The molecule has 1 N–H and O–H groups in total. The Hall–Kier alpha value is -0.290. The average Bonchev–Trinajstić information content (AvgIpc) is 2.37. The van der Waals surface area contributed by atoms with Crippen molar-refractivity contribution in [2.24, 2.45) is 0 Å². The van der Waals surface area contributed by atoms with E-state index >= 15 is 0 Å². The van der Waals surface area contributed by atoms with Gasteiger partial charge in [-0.15, -0.1) is 10.2 Å². The van der Waals surface area contributed by atoms with E-state index in [9.17, 15) is 0 Å². The fraction of sp³-hybridized carbons (Fsp3) is 0.667. The van der Waals surface area contributed by atoms with Crippen molar-refractivity contribution in [1.29, 1.82) is 0 Å². The van der Waals surface area contributed by atoms with Gasteiger partial charge in [-0.2, -0.15) is 11.8 Å². The van der Waals surface area contributed by atoms with Gasteiger partial charge in [0.15, 0.2) is 0 Å².